The molecule has 0 aromatic carbocycles. The van der Waals surface area contributed by atoms with Crippen LogP contribution in [0.4, 0.5) is 0 Å². The molecule has 0 aromatic heterocycles. The van der Waals surface area contributed by atoms with Gasteiger partial charge in [-0.05, 0) is 43.6 Å². The summed E-state index contributed by atoms with van der Waals surface area (Å²) in [6, 6.07) is 0. The summed E-state index contributed by atoms with van der Waals surface area (Å²) in [4.78, 5) is 37.1. The number of hydrogen-bond acceptors (Lipinski definition) is 7. The first kappa shape index (κ1) is 18.8. The summed E-state index contributed by atoms with van der Waals surface area (Å²) in [5.41, 5.74) is -4.23. The van der Waals surface area contributed by atoms with Crippen molar-refractivity contribution in [1.82, 2.24) is 0 Å². The van der Waals surface area contributed by atoms with Crippen LogP contribution in [0, 0.1) is 28.6 Å². The van der Waals surface area contributed by atoms with E-state index in [1.165, 1.54) is 19.9 Å². The SMILES string of the molecule is C=C1C[C@]23C[C@@]1(O)CC[C@H]2[C@@]12C=C(OC(C)=O)[C@H](O)[C@@](C)(C(=O)O1)[C@H]2[C@@H]3C(=O)O. The lowest BCUT2D eigenvalue weighted by Gasteiger charge is -2.44. The van der Waals surface area contributed by atoms with Gasteiger partial charge in [0.15, 0.2) is 0 Å². The topological polar surface area (TPSA) is 130 Å². The maximum atomic E-state index is 13.0. The highest BCUT2D eigenvalue weighted by Crippen LogP contribution is 2.77. The van der Waals surface area contributed by atoms with Crippen molar-refractivity contribution in [3.05, 3.63) is 24.0 Å². The molecule has 1 aliphatic heterocycles. The maximum Gasteiger partial charge on any atom is 0.316 e. The Bertz CT molecular complexity index is 922. The van der Waals surface area contributed by atoms with Crippen LogP contribution in [0.15, 0.2) is 24.0 Å². The van der Waals surface area contributed by atoms with Crippen LogP contribution >= 0.6 is 0 Å². The van der Waals surface area contributed by atoms with Crippen molar-refractivity contribution < 1.29 is 39.2 Å². The van der Waals surface area contributed by atoms with E-state index in [-0.39, 0.29) is 18.1 Å². The summed E-state index contributed by atoms with van der Waals surface area (Å²) in [5.74, 6) is -4.72. The molecule has 3 N–H and O–H groups in total. The van der Waals surface area contributed by atoms with E-state index in [0.717, 1.165) is 0 Å². The van der Waals surface area contributed by atoms with Crippen LogP contribution < -0.4 is 0 Å². The summed E-state index contributed by atoms with van der Waals surface area (Å²) >= 11 is 0. The molecule has 1 spiro atoms. The van der Waals surface area contributed by atoms with E-state index in [4.69, 9.17) is 9.47 Å². The van der Waals surface area contributed by atoms with E-state index < -0.39 is 57.9 Å². The van der Waals surface area contributed by atoms with Gasteiger partial charge in [-0.25, -0.2) is 0 Å². The molecular formula is C21H24O8. The first-order valence-corrected chi connectivity index (χ1v) is 9.88. The number of carboxylic acids is 1. The average molecular weight is 404 g/mol. The van der Waals surface area contributed by atoms with Gasteiger partial charge in [-0.2, -0.15) is 0 Å². The van der Waals surface area contributed by atoms with E-state index in [1.807, 2.05) is 0 Å². The van der Waals surface area contributed by atoms with Crippen molar-refractivity contribution in [3.8, 4) is 0 Å². The van der Waals surface area contributed by atoms with Gasteiger partial charge in [0.2, 0.25) is 0 Å². The van der Waals surface area contributed by atoms with Gasteiger partial charge < -0.3 is 24.8 Å². The van der Waals surface area contributed by atoms with E-state index in [1.54, 1.807) is 0 Å². The van der Waals surface area contributed by atoms with Gasteiger partial charge in [0.1, 0.15) is 22.9 Å². The predicted molar refractivity (Wildman–Crippen MR) is 95.9 cm³/mol. The minimum absolute atomic E-state index is 0.0686. The molecule has 0 amide bonds. The summed E-state index contributed by atoms with van der Waals surface area (Å²) in [6.45, 7) is 6.70. The summed E-state index contributed by atoms with van der Waals surface area (Å²) in [6.07, 6.45) is 1.37. The van der Waals surface area contributed by atoms with Crippen LogP contribution in [0.25, 0.3) is 0 Å². The maximum absolute atomic E-state index is 13.0. The molecule has 0 aromatic rings. The Labute approximate surface area is 167 Å². The Morgan fingerprint density at radius 2 is 2.07 bits per heavy atom. The first-order valence-electron chi connectivity index (χ1n) is 9.88. The normalized spacial score (nSPS) is 51.8. The molecule has 5 aliphatic rings. The van der Waals surface area contributed by atoms with Crippen LogP contribution in [0.5, 0.6) is 0 Å². The highest BCUT2D eigenvalue weighted by Gasteiger charge is 2.84. The Morgan fingerprint density at radius 3 is 2.69 bits per heavy atom. The number of carboxylic acid groups (broad SMARTS) is 1. The number of hydrogen-bond donors (Lipinski definition) is 3. The Balaban J connectivity index is 1.77. The molecule has 1 heterocycles. The fourth-order valence-electron chi connectivity index (χ4n) is 7.48. The Hall–Kier alpha value is -2.19. The van der Waals surface area contributed by atoms with Gasteiger partial charge in [0.25, 0.3) is 0 Å². The minimum atomic E-state index is -1.57. The van der Waals surface area contributed by atoms with Crippen molar-refractivity contribution in [3.63, 3.8) is 0 Å². The van der Waals surface area contributed by atoms with Crippen molar-refractivity contribution in [2.45, 2.75) is 56.8 Å². The second kappa shape index (κ2) is 5.10. The van der Waals surface area contributed by atoms with Gasteiger partial charge in [-0.1, -0.05) is 6.58 Å². The van der Waals surface area contributed by atoms with Crippen LogP contribution in [0.1, 0.15) is 39.5 Å². The van der Waals surface area contributed by atoms with E-state index >= 15 is 0 Å². The molecular weight excluding hydrogens is 380 g/mol. The van der Waals surface area contributed by atoms with Crippen LogP contribution in [-0.4, -0.2) is 50.5 Å². The van der Waals surface area contributed by atoms with Crippen molar-refractivity contribution in [2.75, 3.05) is 0 Å². The molecule has 5 rings (SSSR count). The second-order valence-electron chi connectivity index (χ2n) is 9.68. The van der Waals surface area contributed by atoms with E-state index in [2.05, 4.69) is 6.58 Å². The molecule has 4 bridgehead atoms. The number of aliphatic hydroxyl groups excluding tert-OH is 1. The van der Waals surface area contributed by atoms with Crippen molar-refractivity contribution in [2.24, 2.45) is 28.6 Å². The minimum Gasteiger partial charge on any atom is -0.481 e. The smallest absolute Gasteiger partial charge is 0.316 e. The fraction of sp³-hybridized carbons (Fsp3) is 0.667. The van der Waals surface area contributed by atoms with Gasteiger partial charge in [-0.3, -0.25) is 14.4 Å². The average Bonchev–Trinajstić information content (AvgIpc) is 3.03. The number of esters is 2. The molecule has 156 valence electrons. The van der Waals surface area contributed by atoms with Crippen molar-refractivity contribution in [1.29, 1.82) is 0 Å². The van der Waals surface area contributed by atoms with Gasteiger partial charge >= 0.3 is 17.9 Å². The number of carbonyl (C=O) groups is 3. The van der Waals surface area contributed by atoms with Crippen LogP contribution in [-0.2, 0) is 23.9 Å². The lowest BCUT2D eigenvalue weighted by Crippen LogP contribution is -2.53. The predicted octanol–water partition coefficient (Wildman–Crippen LogP) is 0.918. The second-order valence-corrected chi connectivity index (χ2v) is 9.68. The summed E-state index contributed by atoms with van der Waals surface area (Å²) in [7, 11) is 0. The Kier molecular flexibility index (Phi) is 3.31. The van der Waals surface area contributed by atoms with E-state index in [0.29, 0.717) is 24.8 Å². The third-order valence-corrected chi connectivity index (χ3v) is 8.43. The Morgan fingerprint density at radius 1 is 1.38 bits per heavy atom. The highest BCUT2D eigenvalue weighted by atomic mass is 16.6. The molecule has 8 atom stereocenters. The molecule has 8 nitrogen and oxygen atoms in total. The third-order valence-electron chi connectivity index (χ3n) is 8.43. The quantitative estimate of drug-likeness (QED) is 0.457. The number of fused-ring (bicyclic) bond motifs is 1. The first-order chi connectivity index (χ1) is 13.4. The molecule has 3 saturated carbocycles. The number of ether oxygens (including phenoxy) is 2. The zero-order chi connectivity index (χ0) is 21.1. The van der Waals surface area contributed by atoms with E-state index in [9.17, 15) is 29.7 Å². The lowest BCUT2D eigenvalue weighted by atomic mass is 9.60. The largest absolute Gasteiger partial charge is 0.481 e. The standard InChI is InChI=1S/C21H24O8/c1-9-6-19-8-20(9,27)5-4-12(19)21-7-11(28-10(2)22)15(23)18(3,17(26)29-21)14(21)13(19)16(24)25/h7,12-15,23,27H,1,4-6,8H2,2-3H3,(H,24,25)/t12-,13-,14-,15+,18+,19+,20+,21-/m1/s1. The molecule has 8 heteroatoms. The number of carbonyl (C=O) groups excluding carboxylic acids is 2. The fourth-order valence-corrected chi connectivity index (χ4v) is 7.48. The summed E-state index contributed by atoms with van der Waals surface area (Å²) < 4.78 is 11.1. The summed E-state index contributed by atoms with van der Waals surface area (Å²) in [5, 5.41) is 32.3. The zero-order valence-electron chi connectivity index (χ0n) is 16.3. The molecule has 4 fully saturated rings. The number of aliphatic hydroxyl groups is 2. The molecule has 29 heavy (non-hydrogen) atoms. The zero-order valence-corrected chi connectivity index (χ0v) is 16.3. The number of aliphatic carboxylic acids is 1. The van der Waals surface area contributed by atoms with Gasteiger partial charge in [-0.15, -0.1) is 0 Å². The van der Waals surface area contributed by atoms with Gasteiger partial charge in [0, 0.05) is 24.8 Å². The monoisotopic (exact) mass is 404 g/mol. The molecule has 4 aliphatic carbocycles. The molecule has 0 radical (unpaired) electrons. The van der Waals surface area contributed by atoms with Crippen LogP contribution in [0.2, 0.25) is 0 Å². The third kappa shape index (κ3) is 1.86. The van der Waals surface area contributed by atoms with Gasteiger partial charge in [0.05, 0.1) is 11.5 Å². The number of rotatable bonds is 2. The highest BCUT2D eigenvalue weighted by molar-refractivity contribution is 5.87. The van der Waals surface area contributed by atoms with Crippen molar-refractivity contribution >= 4 is 17.9 Å². The van der Waals surface area contributed by atoms with Crippen LogP contribution in [0.3, 0.4) is 0 Å². The lowest BCUT2D eigenvalue weighted by molar-refractivity contribution is -0.164. The molecule has 0 unspecified atom stereocenters. The molecule has 1 saturated heterocycles.